The van der Waals surface area contributed by atoms with Crippen LogP contribution in [-0.2, 0) is 6.42 Å². The minimum absolute atomic E-state index is 0.0207. The Morgan fingerprint density at radius 3 is 2.86 bits per heavy atom. The molecule has 1 aromatic carbocycles. The molecule has 0 amide bonds. The van der Waals surface area contributed by atoms with Gasteiger partial charge in [0.15, 0.2) is 16.8 Å². The van der Waals surface area contributed by atoms with Crippen molar-refractivity contribution >= 4 is 16.8 Å². The molecule has 0 unspecified atom stereocenters. The number of aromatic nitrogens is 1. The quantitative estimate of drug-likeness (QED) is 0.451. The van der Waals surface area contributed by atoms with Crippen LogP contribution >= 0.6 is 0 Å². The van der Waals surface area contributed by atoms with E-state index in [1.54, 1.807) is 12.1 Å². The third-order valence-electron chi connectivity index (χ3n) is 3.64. The smallest absolute Gasteiger partial charge is 0.185 e. The molecule has 1 aliphatic heterocycles. The van der Waals surface area contributed by atoms with Crippen molar-refractivity contribution in [3.05, 3.63) is 46.1 Å². The van der Waals surface area contributed by atoms with E-state index >= 15 is 0 Å². The number of benzene rings is 2. The molecule has 0 saturated heterocycles. The molecule has 0 saturated carbocycles. The van der Waals surface area contributed by atoms with Crippen LogP contribution in [-0.4, -0.2) is 4.98 Å². The molecular weight excluding hydrogens is 264 g/mol. The van der Waals surface area contributed by atoms with Gasteiger partial charge >= 0.3 is 0 Å². The van der Waals surface area contributed by atoms with Crippen molar-refractivity contribution in [2.75, 3.05) is 5.73 Å². The van der Waals surface area contributed by atoms with Gasteiger partial charge in [-0.3, -0.25) is 4.79 Å². The number of unbranched alkanes of at least 4 members (excludes halogenated alkanes) is 2. The van der Waals surface area contributed by atoms with E-state index in [0.717, 1.165) is 42.5 Å². The van der Waals surface area contributed by atoms with Gasteiger partial charge in [0.05, 0.1) is 0 Å². The summed E-state index contributed by atoms with van der Waals surface area (Å²) in [5, 5.41) is 0. The van der Waals surface area contributed by atoms with Crippen LogP contribution in [0.25, 0.3) is 22.6 Å². The van der Waals surface area contributed by atoms with Crippen LogP contribution in [0.5, 0.6) is 0 Å². The van der Waals surface area contributed by atoms with Crippen LogP contribution in [0.1, 0.15) is 31.7 Å². The zero-order valence-electron chi connectivity index (χ0n) is 12.1. The number of fused-ring (bicyclic) bond motifs is 2. The summed E-state index contributed by atoms with van der Waals surface area (Å²) in [5.41, 5.74) is 9.25. The summed E-state index contributed by atoms with van der Waals surface area (Å²) in [7, 11) is 0. The maximum Gasteiger partial charge on any atom is 0.185 e. The van der Waals surface area contributed by atoms with Crippen molar-refractivity contribution in [1.82, 2.24) is 4.98 Å². The molecule has 2 N–H and O–H groups in total. The summed E-state index contributed by atoms with van der Waals surface area (Å²) in [5.74, 6) is 0.511. The monoisotopic (exact) mass is 282 g/mol. The molecule has 4 heteroatoms. The molecule has 2 aliphatic rings. The average molecular weight is 282 g/mol. The second-order valence-corrected chi connectivity index (χ2v) is 5.33. The number of nitrogen functional groups attached to an aromatic ring is 1. The fourth-order valence-corrected chi connectivity index (χ4v) is 2.48. The number of anilines is 1. The summed E-state index contributed by atoms with van der Waals surface area (Å²) in [6, 6.07) is 8.73. The van der Waals surface area contributed by atoms with Crippen LogP contribution in [0.4, 0.5) is 5.69 Å². The second kappa shape index (κ2) is 5.56. The predicted molar refractivity (Wildman–Crippen MR) is 84.5 cm³/mol. The maximum absolute atomic E-state index is 12.1. The molecule has 21 heavy (non-hydrogen) atoms. The highest BCUT2D eigenvalue weighted by molar-refractivity contribution is 5.79. The summed E-state index contributed by atoms with van der Waals surface area (Å²) in [6.45, 7) is 2.15. The van der Waals surface area contributed by atoms with Gasteiger partial charge in [-0.15, -0.1) is 0 Å². The van der Waals surface area contributed by atoms with Crippen LogP contribution in [0, 0.1) is 0 Å². The Labute approximate surface area is 122 Å². The minimum Gasteiger partial charge on any atom is -0.453 e. The fraction of sp³-hybridized carbons (Fsp3) is 0.294. The first-order chi connectivity index (χ1) is 10.2. The average Bonchev–Trinajstić information content (AvgIpc) is 2.46. The third kappa shape index (κ3) is 2.75. The lowest BCUT2D eigenvalue weighted by molar-refractivity contribution is 0.611. The van der Waals surface area contributed by atoms with Crippen LogP contribution in [0.2, 0.25) is 0 Å². The lowest BCUT2D eigenvalue weighted by atomic mass is 10.0. The predicted octanol–water partition coefficient (Wildman–Crippen LogP) is 3.61. The Balaban J connectivity index is 2.09. The van der Waals surface area contributed by atoms with Gasteiger partial charge in [0.2, 0.25) is 0 Å². The highest BCUT2D eigenvalue weighted by Gasteiger charge is 2.12. The Morgan fingerprint density at radius 2 is 2.05 bits per heavy atom. The summed E-state index contributed by atoms with van der Waals surface area (Å²) >= 11 is 0. The highest BCUT2D eigenvalue weighted by atomic mass is 16.3. The topological polar surface area (TPSA) is 69.1 Å². The second-order valence-electron chi connectivity index (χ2n) is 5.33. The molecule has 0 aromatic heterocycles. The van der Waals surface area contributed by atoms with Gasteiger partial charge in [-0.1, -0.05) is 19.8 Å². The molecule has 3 rings (SSSR count). The van der Waals surface area contributed by atoms with Gasteiger partial charge in [-0.2, -0.15) is 0 Å². The molecule has 0 spiro atoms. The molecule has 1 aliphatic carbocycles. The Kier molecular flexibility index (Phi) is 3.60. The van der Waals surface area contributed by atoms with E-state index < -0.39 is 0 Å². The van der Waals surface area contributed by atoms with E-state index in [1.165, 1.54) is 6.07 Å². The van der Waals surface area contributed by atoms with E-state index in [9.17, 15) is 4.79 Å². The van der Waals surface area contributed by atoms with Crippen molar-refractivity contribution in [3.63, 3.8) is 0 Å². The SMILES string of the molecule is CCCCCc1cc2nc3ccc(N)cc3oc-2cc1=O. The van der Waals surface area contributed by atoms with Gasteiger partial charge in [0.25, 0.3) is 0 Å². The first kappa shape index (κ1) is 13.6. The molecule has 1 aromatic rings. The summed E-state index contributed by atoms with van der Waals surface area (Å²) in [6.07, 6.45) is 4.09. The molecule has 4 nitrogen and oxygen atoms in total. The zero-order valence-corrected chi connectivity index (χ0v) is 12.1. The van der Waals surface area contributed by atoms with E-state index in [0.29, 0.717) is 17.0 Å². The number of hydrogen-bond donors (Lipinski definition) is 1. The standard InChI is InChI=1S/C17H18N2O2/c1-2-3-4-5-11-8-14-17(10-15(11)20)21-16-9-12(18)6-7-13(16)19-14/h6-10H,2-5,18H2,1H3. The third-order valence-corrected chi connectivity index (χ3v) is 3.64. The van der Waals surface area contributed by atoms with Gasteiger partial charge in [-0.05, 0) is 31.0 Å². The normalized spacial score (nSPS) is 11.3. The van der Waals surface area contributed by atoms with E-state index in [4.69, 9.17) is 10.2 Å². The minimum atomic E-state index is 0.0207. The number of hydrogen-bond acceptors (Lipinski definition) is 4. The molecule has 1 heterocycles. The fourth-order valence-electron chi connectivity index (χ4n) is 2.48. The maximum atomic E-state index is 12.1. The van der Waals surface area contributed by atoms with Crippen molar-refractivity contribution in [2.24, 2.45) is 0 Å². The first-order valence-corrected chi connectivity index (χ1v) is 7.30. The molecular formula is C17H18N2O2. The lowest BCUT2D eigenvalue weighted by Gasteiger charge is -2.08. The number of nitrogens with two attached hydrogens (primary N) is 1. The van der Waals surface area contributed by atoms with Gasteiger partial charge in [0.1, 0.15) is 11.2 Å². The molecule has 108 valence electrons. The van der Waals surface area contributed by atoms with Crippen molar-refractivity contribution in [3.8, 4) is 11.5 Å². The number of aryl methyl sites for hydroxylation is 1. The van der Waals surface area contributed by atoms with E-state index in [-0.39, 0.29) is 5.43 Å². The molecule has 0 bridgehead atoms. The Hall–Kier alpha value is -2.36. The zero-order chi connectivity index (χ0) is 14.8. The van der Waals surface area contributed by atoms with Gasteiger partial charge < -0.3 is 10.2 Å². The first-order valence-electron chi connectivity index (χ1n) is 7.30. The molecule has 0 radical (unpaired) electrons. The van der Waals surface area contributed by atoms with Crippen molar-refractivity contribution in [2.45, 2.75) is 32.6 Å². The highest BCUT2D eigenvalue weighted by Crippen LogP contribution is 2.25. The van der Waals surface area contributed by atoms with E-state index in [2.05, 4.69) is 11.9 Å². The number of nitrogens with zero attached hydrogens (tertiary/aromatic N) is 1. The van der Waals surface area contributed by atoms with Crippen LogP contribution in [0.3, 0.4) is 0 Å². The van der Waals surface area contributed by atoms with Crippen LogP contribution < -0.4 is 11.2 Å². The largest absolute Gasteiger partial charge is 0.453 e. The Bertz CT molecular complexity index is 808. The van der Waals surface area contributed by atoms with Gasteiger partial charge in [-0.25, -0.2) is 4.98 Å². The van der Waals surface area contributed by atoms with Crippen molar-refractivity contribution < 1.29 is 4.42 Å². The molecule has 0 fully saturated rings. The Morgan fingerprint density at radius 1 is 1.19 bits per heavy atom. The summed E-state index contributed by atoms with van der Waals surface area (Å²) in [4.78, 5) is 16.7. The van der Waals surface area contributed by atoms with Gasteiger partial charge in [0, 0.05) is 23.4 Å². The number of rotatable bonds is 4. The van der Waals surface area contributed by atoms with Crippen LogP contribution in [0.15, 0.2) is 39.5 Å². The summed E-state index contributed by atoms with van der Waals surface area (Å²) < 4.78 is 5.75. The van der Waals surface area contributed by atoms with Crippen molar-refractivity contribution in [1.29, 1.82) is 0 Å². The van der Waals surface area contributed by atoms with E-state index in [1.807, 2.05) is 12.1 Å². The molecule has 0 atom stereocenters. The lowest BCUT2D eigenvalue weighted by Crippen LogP contribution is -2.09.